The Balaban J connectivity index is 1.75. The molecule has 1 atom stereocenters. The minimum Gasteiger partial charge on any atom is -0.378 e. The van der Waals surface area contributed by atoms with Crippen LogP contribution >= 0.6 is 0 Å². The second kappa shape index (κ2) is 6.28. The minimum absolute atomic E-state index is 0.346. The lowest BCUT2D eigenvalue weighted by molar-refractivity contribution is 0.601. The van der Waals surface area contributed by atoms with E-state index in [1.807, 2.05) is 18.2 Å². The lowest BCUT2D eigenvalue weighted by Gasteiger charge is -2.28. The number of fused-ring (bicyclic) bond motifs is 1. The molecular formula is C16H18N2O2S. The largest absolute Gasteiger partial charge is 0.378 e. The van der Waals surface area contributed by atoms with Crippen LogP contribution in [0.2, 0.25) is 0 Å². The number of thiol groups is 1. The topological polar surface area (TPSA) is 58.2 Å². The van der Waals surface area contributed by atoms with Gasteiger partial charge in [-0.05, 0) is 35.6 Å². The molecule has 1 aliphatic rings. The van der Waals surface area contributed by atoms with Gasteiger partial charge in [0.1, 0.15) is 0 Å². The van der Waals surface area contributed by atoms with Crippen molar-refractivity contribution in [3.05, 3.63) is 65.2 Å². The molecule has 21 heavy (non-hydrogen) atoms. The van der Waals surface area contributed by atoms with E-state index < -0.39 is 10.9 Å². The van der Waals surface area contributed by atoms with Crippen LogP contribution in [0.15, 0.2) is 48.5 Å². The van der Waals surface area contributed by atoms with Gasteiger partial charge < -0.3 is 5.32 Å². The van der Waals surface area contributed by atoms with Gasteiger partial charge in [-0.25, -0.2) is 13.1 Å². The van der Waals surface area contributed by atoms with Crippen LogP contribution in [0.1, 0.15) is 29.2 Å². The first kappa shape index (κ1) is 14.1. The van der Waals surface area contributed by atoms with Crippen molar-refractivity contribution in [3.8, 4) is 0 Å². The predicted octanol–water partition coefficient (Wildman–Crippen LogP) is 2.40. The van der Waals surface area contributed by atoms with Crippen molar-refractivity contribution in [2.75, 3.05) is 5.32 Å². The van der Waals surface area contributed by atoms with E-state index in [1.165, 1.54) is 11.1 Å². The fourth-order valence-corrected chi connectivity index (χ4v) is 3.07. The van der Waals surface area contributed by atoms with E-state index >= 15 is 0 Å². The van der Waals surface area contributed by atoms with Crippen molar-refractivity contribution in [1.29, 1.82) is 0 Å². The van der Waals surface area contributed by atoms with Crippen LogP contribution in [0, 0.1) is 0 Å². The molecule has 2 aromatic carbocycles. The van der Waals surface area contributed by atoms with E-state index in [9.17, 15) is 8.42 Å². The first-order chi connectivity index (χ1) is 10.2. The molecule has 0 bridgehead atoms. The molecule has 5 heteroatoms. The van der Waals surface area contributed by atoms with Crippen LogP contribution in [-0.2, 0) is 23.9 Å². The Morgan fingerprint density at radius 2 is 1.95 bits per heavy atom. The van der Waals surface area contributed by atoms with Crippen molar-refractivity contribution in [3.63, 3.8) is 0 Å². The van der Waals surface area contributed by atoms with Gasteiger partial charge in [-0.2, -0.15) is 0 Å². The second-order valence-electron chi connectivity index (χ2n) is 5.23. The lowest BCUT2D eigenvalue weighted by Crippen LogP contribution is -2.18. The third kappa shape index (κ3) is 3.43. The fourth-order valence-electron chi connectivity index (χ4n) is 2.76. The van der Waals surface area contributed by atoms with Gasteiger partial charge in [0.25, 0.3) is 0 Å². The molecule has 2 aromatic rings. The zero-order chi connectivity index (χ0) is 14.7. The van der Waals surface area contributed by atoms with Crippen molar-refractivity contribution in [2.45, 2.75) is 25.4 Å². The summed E-state index contributed by atoms with van der Waals surface area (Å²) in [6.07, 6.45) is 2.04. The molecule has 0 saturated carbocycles. The van der Waals surface area contributed by atoms with Crippen molar-refractivity contribution >= 4 is 16.6 Å². The van der Waals surface area contributed by atoms with Gasteiger partial charge in [-0.1, -0.05) is 42.5 Å². The predicted molar refractivity (Wildman–Crippen MR) is 84.7 cm³/mol. The van der Waals surface area contributed by atoms with Gasteiger partial charge in [-0.15, -0.1) is 0 Å². The summed E-state index contributed by atoms with van der Waals surface area (Å²) in [6.45, 7) is 0.355. The van der Waals surface area contributed by atoms with Crippen molar-refractivity contribution in [1.82, 2.24) is 4.72 Å². The SMILES string of the molecule is O=[SH](=O)NCc1ccc2c(c1)CCC(c1ccccc1)N2. The van der Waals surface area contributed by atoms with Gasteiger partial charge in [0, 0.05) is 12.2 Å². The Morgan fingerprint density at radius 3 is 2.71 bits per heavy atom. The fraction of sp³-hybridized carbons (Fsp3) is 0.250. The van der Waals surface area contributed by atoms with Crippen molar-refractivity contribution in [2.24, 2.45) is 0 Å². The van der Waals surface area contributed by atoms with E-state index in [0.717, 1.165) is 24.1 Å². The number of hydrogen-bond acceptors (Lipinski definition) is 3. The average molecular weight is 302 g/mol. The third-order valence-corrected chi connectivity index (χ3v) is 4.23. The Morgan fingerprint density at radius 1 is 1.14 bits per heavy atom. The normalized spacial score (nSPS) is 17.3. The molecule has 3 rings (SSSR count). The summed E-state index contributed by atoms with van der Waals surface area (Å²) in [5.41, 5.74) is 4.69. The van der Waals surface area contributed by atoms with E-state index in [2.05, 4.69) is 40.4 Å². The number of anilines is 1. The molecule has 2 N–H and O–H groups in total. The first-order valence-electron chi connectivity index (χ1n) is 7.03. The van der Waals surface area contributed by atoms with E-state index in [4.69, 9.17) is 0 Å². The highest BCUT2D eigenvalue weighted by Crippen LogP contribution is 2.32. The van der Waals surface area contributed by atoms with E-state index in [-0.39, 0.29) is 0 Å². The van der Waals surface area contributed by atoms with Gasteiger partial charge in [0.2, 0.25) is 10.9 Å². The van der Waals surface area contributed by atoms with Crippen LogP contribution in [0.3, 0.4) is 0 Å². The second-order valence-corrected chi connectivity index (χ2v) is 6.06. The van der Waals surface area contributed by atoms with E-state index in [0.29, 0.717) is 12.6 Å². The third-order valence-electron chi connectivity index (χ3n) is 3.82. The molecule has 0 aromatic heterocycles. The Bertz CT molecular complexity index is 691. The zero-order valence-electron chi connectivity index (χ0n) is 11.6. The number of benzene rings is 2. The van der Waals surface area contributed by atoms with Gasteiger partial charge >= 0.3 is 0 Å². The van der Waals surface area contributed by atoms with Gasteiger partial charge in [0.05, 0.1) is 6.04 Å². The minimum atomic E-state index is -2.54. The molecule has 0 saturated heterocycles. The number of aryl methyl sites for hydroxylation is 1. The lowest BCUT2D eigenvalue weighted by atomic mass is 9.92. The Kier molecular flexibility index (Phi) is 4.22. The maximum absolute atomic E-state index is 10.6. The standard InChI is InChI=1S/C16H18N2O2S/c19-21(20)17-11-12-6-8-16-14(10-12)7-9-15(18-16)13-4-2-1-3-5-13/h1-6,8,10,15,18,21H,7,9,11H2,(H,17,19,20). The molecular weight excluding hydrogens is 284 g/mol. The number of hydrogen-bond donors (Lipinski definition) is 3. The molecule has 4 nitrogen and oxygen atoms in total. The van der Waals surface area contributed by atoms with Gasteiger partial charge in [-0.3, -0.25) is 0 Å². The maximum Gasteiger partial charge on any atom is 0.201 e. The summed E-state index contributed by atoms with van der Waals surface area (Å²) in [4.78, 5) is 0. The molecule has 0 spiro atoms. The van der Waals surface area contributed by atoms with Crippen LogP contribution in [0.25, 0.3) is 0 Å². The number of rotatable bonds is 4. The van der Waals surface area contributed by atoms with Crippen LogP contribution in [-0.4, -0.2) is 8.42 Å². The molecule has 0 amide bonds. The molecule has 0 radical (unpaired) electrons. The summed E-state index contributed by atoms with van der Waals surface area (Å²) < 4.78 is 23.6. The molecule has 0 aliphatic carbocycles. The molecule has 110 valence electrons. The zero-order valence-corrected chi connectivity index (χ0v) is 12.5. The van der Waals surface area contributed by atoms with Crippen LogP contribution < -0.4 is 10.0 Å². The molecule has 1 unspecified atom stereocenters. The molecule has 0 fully saturated rings. The monoisotopic (exact) mass is 302 g/mol. The number of nitrogens with one attached hydrogen (secondary N) is 2. The highest BCUT2D eigenvalue weighted by Gasteiger charge is 2.18. The van der Waals surface area contributed by atoms with Gasteiger partial charge in [0.15, 0.2) is 0 Å². The van der Waals surface area contributed by atoms with E-state index in [1.54, 1.807) is 0 Å². The van der Waals surface area contributed by atoms with Crippen molar-refractivity contribution < 1.29 is 8.42 Å². The quantitative estimate of drug-likeness (QED) is 0.760. The highest BCUT2D eigenvalue weighted by molar-refractivity contribution is 7.70. The Labute approximate surface area is 126 Å². The molecule has 1 heterocycles. The van der Waals surface area contributed by atoms with Crippen LogP contribution in [0.4, 0.5) is 5.69 Å². The summed E-state index contributed by atoms with van der Waals surface area (Å²) in [6, 6.07) is 16.9. The summed E-state index contributed by atoms with van der Waals surface area (Å²) in [5.74, 6) is 0. The first-order valence-corrected chi connectivity index (χ1v) is 8.21. The summed E-state index contributed by atoms with van der Waals surface area (Å²) in [7, 11) is -2.54. The summed E-state index contributed by atoms with van der Waals surface area (Å²) >= 11 is 0. The maximum atomic E-state index is 10.6. The molecule has 1 aliphatic heterocycles. The highest BCUT2D eigenvalue weighted by atomic mass is 32.2. The summed E-state index contributed by atoms with van der Waals surface area (Å²) in [5, 5.41) is 3.57. The smallest absolute Gasteiger partial charge is 0.201 e. The van der Waals surface area contributed by atoms with Crippen LogP contribution in [0.5, 0.6) is 0 Å². The Hall–Kier alpha value is -1.85. The average Bonchev–Trinajstić information content (AvgIpc) is 2.53.